The number of hydrogen-bond donors (Lipinski definition) is 0. The Morgan fingerprint density at radius 1 is 1.25 bits per heavy atom. The molecule has 20 heavy (non-hydrogen) atoms. The average molecular weight is 276 g/mol. The Labute approximate surface area is 120 Å². The molecular formula is C17H24O3. The fraction of sp³-hybridized carbons (Fsp3) is 0.824. The standard InChI is InChI=1S/C17H24O3/c1-16(2,3)20-15(18)17(4)8-9-7-10(17)14-12-6-5-11(19-12)13(9)14/h5-6,9-14H,7-8H2,1-4H3. The number of carbonyl (C=O) groups excluding carboxylic acids is 1. The molecule has 0 aromatic heterocycles. The van der Waals surface area contributed by atoms with Crippen LogP contribution in [-0.2, 0) is 14.3 Å². The van der Waals surface area contributed by atoms with Crippen molar-refractivity contribution in [3.05, 3.63) is 12.2 Å². The van der Waals surface area contributed by atoms with Gasteiger partial charge < -0.3 is 9.47 Å². The third-order valence-electron chi connectivity index (χ3n) is 5.94. The summed E-state index contributed by atoms with van der Waals surface area (Å²) >= 11 is 0. The van der Waals surface area contributed by atoms with Gasteiger partial charge in [-0.25, -0.2) is 0 Å². The lowest BCUT2D eigenvalue weighted by Crippen LogP contribution is -2.46. The third-order valence-corrected chi connectivity index (χ3v) is 5.94. The highest BCUT2D eigenvalue weighted by molar-refractivity contribution is 5.78. The molecule has 0 N–H and O–H groups in total. The maximum Gasteiger partial charge on any atom is 0.312 e. The molecule has 4 rings (SSSR count). The van der Waals surface area contributed by atoms with E-state index < -0.39 is 5.60 Å². The summed E-state index contributed by atoms with van der Waals surface area (Å²) in [5.74, 6) is 2.28. The first-order valence-electron chi connectivity index (χ1n) is 7.87. The van der Waals surface area contributed by atoms with Crippen LogP contribution in [0.4, 0.5) is 0 Å². The normalized spacial score (nSPS) is 51.6. The first kappa shape index (κ1) is 12.9. The Morgan fingerprint density at radius 3 is 2.55 bits per heavy atom. The predicted molar refractivity (Wildman–Crippen MR) is 74.9 cm³/mol. The van der Waals surface area contributed by atoms with Gasteiger partial charge in [0.1, 0.15) is 5.60 Å². The third kappa shape index (κ3) is 1.53. The van der Waals surface area contributed by atoms with Crippen LogP contribution in [0.2, 0.25) is 0 Å². The number of rotatable bonds is 1. The zero-order valence-electron chi connectivity index (χ0n) is 12.8. The molecule has 2 saturated carbocycles. The number of carbonyl (C=O) groups is 1. The molecule has 0 amide bonds. The Balaban J connectivity index is 1.61. The van der Waals surface area contributed by atoms with E-state index in [1.165, 1.54) is 6.42 Å². The van der Waals surface area contributed by atoms with Crippen LogP contribution in [0.1, 0.15) is 40.5 Å². The van der Waals surface area contributed by atoms with Gasteiger partial charge in [0.25, 0.3) is 0 Å². The quantitative estimate of drug-likeness (QED) is 0.545. The molecule has 4 bridgehead atoms. The Morgan fingerprint density at radius 2 is 1.90 bits per heavy atom. The van der Waals surface area contributed by atoms with Crippen LogP contribution in [0, 0.1) is 29.1 Å². The smallest absolute Gasteiger partial charge is 0.312 e. The minimum absolute atomic E-state index is 0.00250. The van der Waals surface area contributed by atoms with Crippen LogP contribution < -0.4 is 0 Å². The van der Waals surface area contributed by atoms with Crippen molar-refractivity contribution in [2.45, 2.75) is 58.3 Å². The minimum atomic E-state index is -0.396. The van der Waals surface area contributed by atoms with Gasteiger partial charge in [-0.1, -0.05) is 12.2 Å². The number of hydrogen-bond acceptors (Lipinski definition) is 3. The Hall–Kier alpha value is -0.830. The van der Waals surface area contributed by atoms with E-state index in [2.05, 4.69) is 19.1 Å². The van der Waals surface area contributed by atoms with Gasteiger partial charge in [0, 0.05) is 0 Å². The number of esters is 1. The largest absolute Gasteiger partial charge is 0.460 e. The van der Waals surface area contributed by atoms with E-state index in [0.29, 0.717) is 29.8 Å². The lowest BCUT2D eigenvalue weighted by atomic mass is 9.63. The van der Waals surface area contributed by atoms with Crippen LogP contribution in [0.3, 0.4) is 0 Å². The fourth-order valence-electron chi connectivity index (χ4n) is 5.32. The topological polar surface area (TPSA) is 35.5 Å². The summed E-state index contributed by atoms with van der Waals surface area (Å²) in [5.41, 5.74) is -0.701. The van der Waals surface area contributed by atoms with Gasteiger partial charge in [0.05, 0.1) is 17.6 Å². The first-order chi connectivity index (χ1) is 9.29. The summed E-state index contributed by atoms with van der Waals surface area (Å²) < 4.78 is 11.7. The molecule has 7 atom stereocenters. The average Bonchev–Trinajstić information content (AvgIpc) is 3.02. The molecule has 2 heterocycles. The lowest BCUT2D eigenvalue weighted by Gasteiger charge is -2.41. The van der Waals surface area contributed by atoms with Gasteiger partial charge in [-0.3, -0.25) is 4.79 Å². The highest BCUT2D eigenvalue weighted by Crippen LogP contribution is 2.67. The first-order valence-corrected chi connectivity index (χ1v) is 7.87. The molecule has 3 nitrogen and oxygen atoms in total. The van der Waals surface area contributed by atoms with Gasteiger partial charge in [0.2, 0.25) is 0 Å². The molecule has 7 unspecified atom stereocenters. The van der Waals surface area contributed by atoms with Crippen molar-refractivity contribution >= 4 is 5.97 Å². The van der Waals surface area contributed by atoms with Gasteiger partial charge in [-0.05, 0) is 64.2 Å². The monoisotopic (exact) mass is 276 g/mol. The molecule has 2 aliphatic carbocycles. The molecular weight excluding hydrogens is 252 g/mol. The van der Waals surface area contributed by atoms with E-state index in [-0.39, 0.29) is 17.5 Å². The van der Waals surface area contributed by atoms with Crippen molar-refractivity contribution in [3.63, 3.8) is 0 Å². The molecule has 3 heteroatoms. The van der Waals surface area contributed by atoms with Crippen molar-refractivity contribution in [1.82, 2.24) is 0 Å². The highest BCUT2D eigenvalue weighted by Gasteiger charge is 2.68. The molecule has 110 valence electrons. The summed E-state index contributed by atoms with van der Waals surface area (Å²) in [5, 5.41) is 0. The number of ether oxygens (including phenoxy) is 2. The Bertz CT molecular complexity index is 489. The van der Waals surface area contributed by atoms with Crippen molar-refractivity contribution < 1.29 is 14.3 Å². The van der Waals surface area contributed by atoms with Crippen molar-refractivity contribution in [2.75, 3.05) is 0 Å². The van der Waals surface area contributed by atoms with E-state index >= 15 is 0 Å². The summed E-state index contributed by atoms with van der Waals surface area (Å²) in [7, 11) is 0. The SMILES string of the molecule is CC(C)(C)OC(=O)C1(C)CC2CC1C1C3C=CC(O3)C21. The summed E-state index contributed by atoms with van der Waals surface area (Å²) in [4.78, 5) is 12.7. The molecule has 0 aromatic carbocycles. The highest BCUT2D eigenvalue weighted by atomic mass is 16.6. The molecule has 0 radical (unpaired) electrons. The van der Waals surface area contributed by atoms with Crippen LogP contribution >= 0.6 is 0 Å². The predicted octanol–water partition coefficient (Wildman–Crippen LogP) is 2.94. The second-order valence-electron chi connectivity index (χ2n) is 8.33. The van der Waals surface area contributed by atoms with Crippen LogP contribution in [0.15, 0.2) is 12.2 Å². The zero-order valence-corrected chi connectivity index (χ0v) is 12.8. The molecule has 3 fully saturated rings. The molecule has 2 aliphatic heterocycles. The molecule has 0 spiro atoms. The van der Waals surface area contributed by atoms with E-state index in [1.807, 2.05) is 20.8 Å². The van der Waals surface area contributed by atoms with Crippen LogP contribution in [-0.4, -0.2) is 23.8 Å². The second-order valence-corrected chi connectivity index (χ2v) is 8.33. The Kier molecular flexibility index (Phi) is 2.37. The van der Waals surface area contributed by atoms with Gasteiger partial charge in [0.15, 0.2) is 0 Å². The molecule has 0 aromatic rings. The van der Waals surface area contributed by atoms with Crippen LogP contribution in [0.25, 0.3) is 0 Å². The van der Waals surface area contributed by atoms with Gasteiger partial charge in [-0.15, -0.1) is 0 Å². The van der Waals surface area contributed by atoms with E-state index in [0.717, 1.165) is 6.42 Å². The number of fused-ring (bicyclic) bond motifs is 9. The maximum absolute atomic E-state index is 12.7. The van der Waals surface area contributed by atoms with E-state index in [9.17, 15) is 4.79 Å². The van der Waals surface area contributed by atoms with Crippen LogP contribution in [0.5, 0.6) is 0 Å². The van der Waals surface area contributed by atoms with Crippen molar-refractivity contribution in [3.8, 4) is 0 Å². The molecule has 4 aliphatic rings. The summed E-state index contributed by atoms with van der Waals surface area (Å²) in [6.07, 6.45) is 7.18. The lowest BCUT2D eigenvalue weighted by molar-refractivity contribution is -0.172. The molecule has 1 saturated heterocycles. The maximum atomic E-state index is 12.7. The second kappa shape index (κ2) is 3.68. The summed E-state index contributed by atoms with van der Waals surface area (Å²) in [6, 6.07) is 0. The van der Waals surface area contributed by atoms with E-state index in [1.54, 1.807) is 0 Å². The summed E-state index contributed by atoms with van der Waals surface area (Å²) in [6.45, 7) is 7.98. The fourth-order valence-corrected chi connectivity index (χ4v) is 5.32. The van der Waals surface area contributed by atoms with E-state index in [4.69, 9.17) is 9.47 Å². The van der Waals surface area contributed by atoms with Crippen molar-refractivity contribution in [1.29, 1.82) is 0 Å². The zero-order chi connectivity index (χ0) is 14.3. The van der Waals surface area contributed by atoms with Gasteiger partial charge in [-0.2, -0.15) is 0 Å². The minimum Gasteiger partial charge on any atom is -0.460 e. The van der Waals surface area contributed by atoms with Gasteiger partial charge >= 0.3 is 5.97 Å². The van der Waals surface area contributed by atoms with Crippen molar-refractivity contribution in [2.24, 2.45) is 29.1 Å².